The zero-order valence-electron chi connectivity index (χ0n) is 6.17. The van der Waals surface area contributed by atoms with E-state index >= 15 is 0 Å². The van der Waals surface area contributed by atoms with Gasteiger partial charge in [-0.1, -0.05) is 11.6 Å². The molecule has 0 spiro atoms. The van der Waals surface area contributed by atoms with E-state index in [1.165, 1.54) is 6.20 Å². The first kappa shape index (κ1) is 9.92. The number of aliphatic hydroxyl groups excluding tert-OH is 1. The lowest BCUT2D eigenvalue weighted by molar-refractivity contribution is 0.266. The van der Waals surface area contributed by atoms with Crippen LogP contribution in [0, 0.1) is 0 Å². The Balaban J connectivity index is 2.96. The van der Waals surface area contributed by atoms with Gasteiger partial charge in [0.15, 0.2) is 0 Å². The zero-order chi connectivity index (χ0) is 9.14. The van der Waals surface area contributed by atoms with Gasteiger partial charge in [-0.05, 0) is 22.0 Å². The molecule has 1 rings (SSSR count). The lowest BCUT2D eigenvalue weighted by Gasteiger charge is -2.07. The van der Waals surface area contributed by atoms with Gasteiger partial charge in [0.05, 0.1) is 23.4 Å². The van der Waals surface area contributed by atoms with Crippen LogP contribution in [0.25, 0.3) is 0 Å². The van der Waals surface area contributed by atoms with Crippen LogP contribution >= 0.6 is 27.5 Å². The number of rotatable bonds is 2. The van der Waals surface area contributed by atoms with Gasteiger partial charge in [0, 0.05) is 10.7 Å². The largest absolute Gasteiger partial charge is 0.394 e. The SMILES string of the molecule is NC(CO)c1cc(Br)c(Cl)cn1. The molecule has 0 aliphatic rings. The van der Waals surface area contributed by atoms with Gasteiger partial charge in [-0.25, -0.2) is 0 Å². The molecule has 0 aliphatic heterocycles. The molecule has 0 radical (unpaired) electrons. The van der Waals surface area contributed by atoms with Gasteiger partial charge in [0.2, 0.25) is 0 Å². The predicted octanol–water partition coefficient (Wildman–Crippen LogP) is 1.49. The van der Waals surface area contributed by atoms with Crippen molar-refractivity contribution in [3.63, 3.8) is 0 Å². The van der Waals surface area contributed by atoms with Crippen molar-refractivity contribution in [1.82, 2.24) is 4.98 Å². The average molecular weight is 252 g/mol. The van der Waals surface area contributed by atoms with Gasteiger partial charge < -0.3 is 10.8 Å². The summed E-state index contributed by atoms with van der Waals surface area (Å²) in [5, 5.41) is 9.27. The van der Waals surface area contributed by atoms with E-state index in [9.17, 15) is 0 Å². The Bertz CT molecular complexity index is 282. The van der Waals surface area contributed by atoms with Crippen LogP contribution in [0.15, 0.2) is 16.7 Å². The van der Waals surface area contributed by atoms with E-state index in [1.54, 1.807) is 6.07 Å². The smallest absolute Gasteiger partial charge is 0.0731 e. The third-order valence-corrected chi connectivity index (χ3v) is 2.59. The van der Waals surface area contributed by atoms with Crippen LogP contribution in [0.3, 0.4) is 0 Å². The minimum atomic E-state index is -0.446. The van der Waals surface area contributed by atoms with E-state index in [1.807, 2.05) is 0 Å². The number of nitrogens with two attached hydrogens (primary N) is 1. The molecule has 0 aromatic carbocycles. The highest BCUT2D eigenvalue weighted by molar-refractivity contribution is 9.10. The molecule has 0 aliphatic carbocycles. The molecule has 0 fully saturated rings. The number of halogens is 2. The number of hydrogen-bond acceptors (Lipinski definition) is 3. The van der Waals surface area contributed by atoms with Crippen molar-refractivity contribution in [1.29, 1.82) is 0 Å². The van der Waals surface area contributed by atoms with Crippen molar-refractivity contribution in [2.24, 2.45) is 5.73 Å². The number of pyridine rings is 1. The van der Waals surface area contributed by atoms with Crippen molar-refractivity contribution in [3.05, 3.63) is 27.5 Å². The molecule has 66 valence electrons. The second-order valence-electron chi connectivity index (χ2n) is 2.31. The first-order chi connectivity index (χ1) is 5.65. The van der Waals surface area contributed by atoms with Gasteiger partial charge >= 0.3 is 0 Å². The van der Waals surface area contributed by atoms with Crippen molar-refractivity contribution in [2.45, 2.75) is 6.04 Å². The number of nitrogens with zero attached hydrogens (tertiary/aromatic N) is 1. The van der Waals surface area contributed by atoms with Crippen molar-refractivity contribution in [2.75, 3.05) is 6.61 Å². The van der Waals surface area contributed by atoms with Crippen LogP contribution in [0.5, 0.6) is 0 Å². The summed E-state index contributed by atoms with van der Waals surface area (Å²) in [6.07, 6.45) is 1.50. The molecule has 1 heterocycles. The van der Waals surface area contributed by atoms with E-state index in [-0.39, 0.29) is 6.61 Å². The maximum absolute atomic E-state index is 8.74. The molecule has 1 unspecified atom stereocenters. The Kier molecular flexibility index (Phi) is 3.46. The fourth-order valence-electron chi connectivity index (χ4n) is 0.725. The first-order valence-corrected chi connectivity index (χ1v) is 4.49. The molecule has 5 heteroatoms. The van der Waals surface area contributed by atoms with Crippen LogP contribution < -0.4 is 5.73 Å². The van der Waals surface area contributed by atoms with Crippen LogP contribution in [0.2, 0.25) is 5.02 Å². The molecule has 1 atom stereocenters. The topological polar surface area (TPSA) is 59.1 Å². The second-order valence-corrected chi connectivity index (χ2v) is 3.57. The molecular formula is C7H8BrClN2O. The Labute approximate surface area is 83.7 Å². The molecule has 0 amide bonds. The lowest BCUT2D eigenvalue weighted by Crippen LogP contribution is -2.15. The fraction of sp³-hybridized carbons (Fsp3) is 0.286. The molecule has 3 nitrogen and oxygen atoms in total. The number of aliphatic hydroxyl groups is 1. The summed E-state index contributed by atoms with van der Waals surface area (Å²) in [4.78, 5) is 3.96. The summed E-state index contributed by atoms with van der Waals surface area (Å²) in [6, 6.07) is 1.25. The Morgan fingerprint density at radius 3 is 2.92 bits per heavy atom. The van der Waals surface area contributed by atoms with Crippen LogP contribution in [0.1, 0.15) is 11.7 Å². The minimum absolute atomic E-state index is 0.124. The van der Waals surface area contributed by atoms with E-state index in [0.717, 1.165) is 4.47 Å². The van der Waals surface area contributed by atoms with E-state index in [2.05, 4.69) is 20.9 Å². The summed E-state index contributed by atoms with van der Waals surface area (Å²) in [5.74, 6) is 0. The van der Waals surface area contributed by atoms with Gasteiger partial charge in [-0.15, -0.1) is 0 Å². The zero-order valence-corrected chi connectivity index (χ0v) is 8.51. The molecule has 1 aromatic rings. The highest BCUT2D eigenvalue weighted by Crippen LogP contribution is 2.23. The number of hydrogen-bond donors (Lipinski definition) is 2. The fourth-order valence-corrected chi connectivity index (χ4v) is 1.17. The van der Waals surface area contributed by atoms with E-state index in [4.69, 9.17) is 22.4 Å². The molecule has 0 bridgehead atoms. The van der Waals surface area contributed by atoms with Crippen molar-refractivity contribution < 1.29 is 5.11 Å². The summed E-state index contributed by atoms with van der Waals surface area (Å²) < 4.78 is 0.734. The van der Waals surface area contributed by atoms with Gasteiger partial charge in [-0.2, -0.15) is 0 Å². The summed E-state index contributed by atoms with van der Waals surface area (Å²) >= 11 is 8.95. The summed E-state index contributed by atoms with van der Waals surface area (Å²) in [6.45, 7) is -0.124. The first-order valence-electron chi connectivity index (χ1n) is 3.32. The van der Waals surface area contributed by atoms with Gasteiger partial charge in [0.1, 0.15) is 0 Å². The molecule has 3 N–H and O–H groups in total. The standard InChI is InChI=1S/C7H8BrClN2O/c8-4-1-7(6(10)3-12)11-2-5(4)9/h1-2,6,12H,3,10H2. The van der Waals surface area contributed by atoms with Crippen molar-refractivity contribution in [3.8, 4) is 0 Å². The second kappa shape index (κ2) is 4.18. The van der Waals surface area contributed by atoms with Crippen molar-refractivity contribution >= 4 is 27.5 Å². The highest BCUT2D eigenvalue weighted by atomic mass is 79.9. The summed E-state index contributed by atoms with van der Waals surface area (Å²) in [5.41, 5.74) is 6.16. The Morgan fingerprint density at radius 1 is 1.75 bits per heavy atom. The minimum Gasteiger partial charge on any atom is -0.394 e. The normalized spacial score (nSPS) is 13.0. The van der Waals surface area contributed by atoms with Crippen LogP contribution in [0.4, 0.5) is 0 Å². The third-order valence-electron chi connectivity index (χ3n) is 1.41. The predicted molar refractivity (Wildman–Crippen MR) is 51.0 cm³/mol. The molecular weight excluding hydrogens is 243 g/mol. The lowest BCUT2D eigenvalue weighted by atomic mass is 10.2. The quantitative estimate of drug-likeness (QED) is 0.837. The Hall–Kier alpha value is -0.160. The Morgan fingerprint density at radius 2 is 2.42 bits per heavy atom. The molecule has 12 heavy (non-hydrogen) atoms. The number of aromatic nitrogens is 1. The van der Waals surface area contributed by atoms with Crippen LogP contribution in [-0.2, 0) is 0 Å². The highest BCUT2D eigenvalue weighted by Gasteiger charge is 2.07. The molecule has 0 saturated heterocycles. The van der Waals surface area contributed by atoms with Gasteiger partial charge in [-0.3, -0.25) is 4.98 Å². The molecule has 0 saturated carbocycles. The monoisotopic (exact) mass is 250 g/mol. The third kappa shape index (κ3) is 2.17. The average Bonchev–Trinajstić information content (AvgIpc) is 2.08. The van der Waals surface area contributed by atoms with E-state index in [0.29, 0.717) is 10.7 Å². The van der Waals surface area contributed by atoms with E-state index < -0.39 is 6.04 Å². The van der Waals surface area contributed by atoms with Crippen LogP contribution in [-0.4, -0.2) is 16.7 Å². The maximum atomic E-state index is 8.74. The molecule has 1 aromatic heterocycles. The van der Waals surface area contributed by atoms with Gasteiger partial charge in [0.25, 0.3) is 0 Å². The maximum Gasteiger partial charge on any atom is 0.0731 e. The summed E-state index contributed by atoms with van der Waals surface area (Å²) in [7, 11) is 0.